The molecule has 0 unspecified atom stereocenters. The number of nitriles is 1. The molecule has 2 heterocycles. The Bertz CT molecular complexity index is 526. The molecule has 6 nitrogen and oxygen atoms in total. The second-order valence-corrected chi connectivity index (χ2v) is 4.65. The number of amides is 1. The standard InChI is InChI=1S/C14H17N5O/c1-18-5-7-19(8-6-18)14(20)12(9-15)10-17-13-3-2-4-16-11-13/h2-4,10-11,17H,5-8H2,1H3/b12-10-. The zero-order chi connectivity index (χ0) is 14.4. The number of hydrogen-bond donors (Lipinski definition) is 1. The van der Waals surface area contributed by atoms with Gasteiger partial charge in [0.05, 0.1) is 11.9 Å². The third kappa shape index (κ3) is 3.56. The summed E-state index contributed by atoms with van der Waals surface area (Å²) in [7, 11) is 2.02. The number of likely N-dealkylation sites (N-methyl/N-ethyl adjacent to an activating group) is 1. The lowest BCUT2D eigenvalue weighted by molar-refractivity contribution is -0.128. The van der Waals surface area contributed by atoms with E-state index in [1.807, 2.05) is 19.2 Å². The summed E-state index contributed by atoms with van der Waals surface area (Å²) in [6.07, 6.45) is 4.74. The molecule has 1 aromatic rings. The van der Waals surface area contributed by atoms with Gasteiger partial charge in [-0.15, -0.1) is 0 Å². The highest BCUT2D eigenvalue weighted by atomic mass is 16.2. The Labute approximate surface area is 118 Å². The van der Waals surface area contributed by atoms with E-state index in [0.717, 1.165) is 18.8 Å². The van der Waals surface area contributed by atoms with Gasteiger partial charge in [0.1, 0.15) is 11.6 Å². The molecule has 2 rings (SSSR count). The van der Waals surface area contributed by atoms with Gasteiger partial charge in [0.15, 0.2) is 0 Å². The molecule has 1 fully saturated rings. The smallest absolute Gasteiger partial charge is 0.266 e. The zero-order valence-corrected chi connectivity index (χ0v) is 11.4. The average Bonchev–Trinajstić information content (AvgIpc) is 2.49. The summed E-state index contributed by atoms with van der Waals surface area (Å²) in [5.41, 5.74) is 0.852. The van der Waals surface area contributed by atoms with E-state index in [2.05, 4.69) is 15.2 Å². The van der Waals surface area contributed by atoms with Gasteiger partial charge in [0.25, 0.3) is 5.91 Å². The Morgan fingerprint density at radius 3 is 2.80 bits per heavy atom. The molecule has 0 aromatic carbocycles. The van der Waals surface area contributed by atoms with Gasteiger partial charge in [-0.1, -0.05) is 0 Å². The number of hydrogen-bond acceptors (Lipinski definition) is 5. The minimum absolute atomic E-state index is 0.110. The molecular formula is C14H17N5O. The molecule has 1 saturated heterocycles. The lowest BCUT2D eigenvalue weighted by Crippen LogP contribution is -2.47. The lowest BCUT2D eigenvalue weighted by Gasteiger charge is -2.32. The van der Waals surface area contributed by atoms with Gasteiger partial charge in [-0.3, -0.25) is 9.78 Å². The van der Waals surface area contributed by atoms with Crippen LogP contribution >= 0.6 is 0 Å². The maximum absolute atomic E-state index is 12.2. The van der Waals surface area contributed by atoms with Crippen LogP contribution in [0.5, 0.6) is 0 Å². The van der Waals surface area contributed by atoms with Crippen molar-refractivity contribution >= 4 is 11.6 Å². The molecule has 0 radical (unpaired) electrons. The first kappa shape index (κ1) is 14.0. The first-order valence-electron chi connectivity index (χ1n) is 6.45. The molecule has 1 aliphatic heterocycles. The van der Waals surface area contributed by atoms with Crippen molar-refractivity contribution < 1.29 is 4.79 Å². The molecule has 0 aliphatic carbocycles. The topological polar surface area (TPSA) is 72.3 Å². The fourth-order valence-corrected chi connectivity index (χ4v) is 1.93. The van der Waals surface area contributed by atoms with E-state index < -0.39 is 0 Å². The van der Waals surface area contributed by atoms with Gasteiger partial charge in [-0.25, -0.2) is 0 Å². The van der Waals surface area contributed by atoms with Crippen molar-refractivity contribution in [1.82, 2.24) is 14.8 Å². The number of carbonyl (C=O) groups excluding carboxylic acids is 1. The molecule has 0 bridgehead atoms. The van der Waals surface area contributed by atoms with Crippen LogP contribution in [0.1, 0.15) is 0 Å². The van der Waals surface area contributed by atoms with E-state index in [9.17, 15) is 4.79 Å². The third-order valence-electron chi connectivity index (χ3n) is 3.19. The van der Waals surface area contributed by atoms with Crippen LogP contribution in [0.15, 0.2) is 36.3 Å². The van der Waals surface area contributed by atoms with Crippen molar-refractivity contribution in [3.05, 3.63) is 36.3 Å². The summed E-state index contributed by atoms with van der Waals surface area (Å²) in [6, 6.07) is 5.55. The van der Waals surface area contributed by atoms with Crippen LogP contribution in [0.2, 0.25) is 0 Å². The average molecular weight is 271 g/mol. The van der Waals surface area contributed by atoms with Crippen LogP contribution in [-0.2, 0) is 4.79 Å². The molecule has 1 amide bonds. The number of nitrogens with one attached hydrogen (secondary N) is 1. The Morgan fingerprint density at radius 1 is 1.45 bits per heavy atom. The molecule has 20 heavy (non-hydrogen) atoms. The quantitative estimate of drug-likeness (QED) is 0.646. The summed E-state index contributed by atoms with van der Waals surface area (Å²) in [5.74, 6) is -0.225. The van der Waals surface area contributed by atoms with Crippen LogP contribution < -0.4 is 5.32 Å². The number of anilines is 1. The van der Waals surface area contributed by atoms with E-state index in [4.69, 9.17) is 5.26 Å². The minimum Gasteiger partial charge on any atom is -0.359 e. The lowest BCUT2D eigenvalue weighted by atomic mass is 10.2. The highest BCUT2D eigenvalue weighted by Crippen LogP contribution is 2.08. The second-order valence-electron chi connectivity index (χ2n) is 4.65. The van der Waals surface area contributed by atoms with Gasteiger partial charge in [0, 0.05) is 38.6 Å². The van der Waals surface area contributed by atoms with E-state index >= 15 is 0 Å². The molecule has 104 valence electrons. The number of carbonyl (C=O) groups is 1. The first-order chi connectivity index (χ1) is 9.70. The number of nitrogens with zero attached hydrogens (tertiary/aromatic N) is 4. The highest BCUT2D eigenvalue weighted by molar-refractivity contribution is 5.97. The number of aromatic nitrogens is 1. The predicted molar refractivity (Wildman–Crippen MR) is 75.6 cm³/mol. The molecule has 1 aliphatic rings. The van der Waals surface area contributed by atoms with Gasteiger partial charge in [-0.2, -0.15) is 5.26 Å². The van der Waals surface area contributed by atoms with E-state index in [1.165, 1.54) is 6.20 Å². The molecule has 0 atom stereocenters. The van der Waals surface area contributed by atoms with Crippen LogP contribution in [0.3, 0.4) is 0 Å². The number of piperazine rings is 1. The Kier molecular flexibility index (Phi) is 4.69. The van der Waals surface area contributed by atoms with Crippen molar-refractivity contribution in [2.75, 3.05) is 38.5 Å². The van der Waals surface area contributed by atoms with Crippen molar-refractivity contribution in [2.24, 2.45) is 0 Å². The molecule has 0 spiro atoms. The SMILES string of the molecule is CN1CCN(C(=O)/C(C#N)=C\Nc2cccnc2)CC1. The van der Waals surface area contributed by atoms with Gasteiger partial charge < -0.3 is 15.1 Å². The van der Waals surface area contributed by atoms with Crippen LogP contribution in [0, 0.1) is 11.3 Å². The first-order valence-corrected chi connectivity index (χ1v) is 6.45. The van der Waals surface area contributed by atoms with Gasteiger partial charge in [-0.05, 0) is 19.2 Å². The van der Waals surface area contributed by atoms with Crippen LogP contribution in [0.4, 0.5) is 5.69 Å². The van der Waals surface area contributed by atoms with Crippen molar-refractivity contribution in [3.63, 3.8) is 0 Å². The summed E-state index contributed by atoms with van der Waals surface area (Å²) in [6.45, 7) is 2.98. The van der Waals surface area contributed by atoms with E-state index in [0.29, 0.717) is 13.1 Å². The van der Waals surface area contributed by atoms with E-state index in [1.54, 1.807) is 23.4 Å². The van der Waals surface area contributed by atoms with Gasteiger partial charge in [0.2, 0.25) is 0 Å². The van der Waals surface area contributed by atoms with Crippen molar-refractivity contribution in [1.29, 1.82) is 5.26 Å². The zero-order valence-electron chi connectivity index (χ0n) is 11.4. The van der Waals surface area contributed by atoms with Crippen molar-refractivity contribution in [3.8, 4) is 6.07 Å². The van der Waals surface area contributed by atoms with E-state index in [-0.39, 0.29) is 11.5 Å². The highest BCUT2D eigenvalue weighted by Gasteiger charge is 2.21. The largest absolute Gasteiger partial charge is 0.359 e. The number of rotatable bonds is 3. The monoisotopic (exact) mass is 271 g/mol. The van der Waals surface area contributed by atoms with Crippen molar-refractivity contribution in [2.45, 2.75) is 0 Å². The molecule has 1 N–H and O–H groups in total. The normalized spacial score (nSPS) is 16.6. The predicted octanol–water partition coefficient (Wildman–Crippen LogP) is 0.675. The molecular weight excluding hydrogens is 254 g/mol. The Balaban J connectivity index is 2.01. The fourth-order valence-electron chi connectivity index (χ4n) is 1.93. The maximum Gasteiger partial charge on any atom is 0.266 e. The fraction of sp³-hybridized carbons (Fsp3) is 0.357. The van der Waals surface area contributed by atoms with Gasteiger partial charge >= 0.3 is 0 Å². The minimum atomic E-state index is -0.225. The summed E-state index contributed by atoms with van der Waals surface area (Å²) < 4.78 is 0. The summed E-state index contributed by atoms with van der Waals surface area (Å²) in [4.78, 5) is 20.0. The Hall–Kier alpha value is -2.39. The summed E-state index contributed by atoms with van der Waals surface area (Å²) >= 11 is 0. The summed E-state index contributed by atoms with van der Waals surface area (Å²) in [5, 5.41) is 12.0. The second kappa shape index (κ2) is 6.68. The number of pyridine rings is 1. The Morgan fingerprint density at radius 2 is 2.20 bits per heavy atom. The molecule has 0 saturated carbocycles. The maximum atomic E-state index is 12.2. The third-order valence-corrected chi connectivity index (χ3v) is 3.19. The van der Waals surface area contributed by atoms with Crippen LogP contribution in [0.25, 0.3) is 0 Å². The molecule has 1 aromatic heterocycles. The molecule has 6 heteroatoms. The van der Waals surface area contributed by atoms with Crippen LogP contribution in [-0.4, -0.2) is 53.9 Å².